The number of carbonyl (C=O) groups is 1. The number of halogens is 1. The van der Waals surface area contributed by atoms with Crippen molar-refractivity contribution in [3.63, 3.8) is 0 Å². The van der Waals surface area contributed by atoms with Crippen molar-refractivity contribution in [2.45, 2.75) is 32.7 Å². The summed E-state index contributed by atoms with van der Waals surface area (Å²) in [6, 6.07) is 15.0. The minimum atomic E-state index is -0.271. The van der Waals surface area contributed by atoms with Gasteiger partial charge in [-0.2, -0.15) is 4.98 Å². The molecule has 1 amide bonds. The predicted octanol–water partition coefficient (Wildman–Crippen LogP) is 4.52. The molecule has 4 rings (SSSR count). The molecule has 8 heteroatoms. The molecule has 0 fully saturated rings. The molecule has 2 aromatic heterocycles. The van der Waals surface area contributed by atoms with E-state index in [0.717, 1.165) is 22.0 Å². The number of H-pyrrole nitrogens is 1. The lowest BCUT2D eigenvalue weighted by molar-refractivity contribution is -0.130. The first kappa shape index (κ1) is 21.8. The van der Waals surface area contributed by atoms with Crippen LogP contribution in [0.15, 0.2) is 57.8 Å². The number of aryl methyl sites for hydroxylation is 2. The summed E-state index contributed by atoms with van der Waals surface area (Å²) in [7, 11) is 1.77. The monoisotopic (exact) mass is 450 g/mol. The number of nitrogens with one attached hydrogen (secondary N) is 1. The Kier molecular flexibility index (Phi) is 6.37. The number of nitrogens with zero attached hydrogens (tertiary/aromatic N) is 3. The second-order valence-corrected chi connectivity index (χ2v) is 8.28. The molecule has 164 valence electrons. The van der Waals surface area contributed by atoms with Gasteiger partial charge in [0.25, 0.3) is 5.56 Å². The maximum absolute atomic E-state index is 12.4. The molecule has 0 radical (unpaired) electrons. The van der Waals surface area contributed by atoms with Gasteiger partial charge < -0.3 is 14.4 Å². The fraction of sp³-hybridized carbons (Fsp3) is 0.250. The van der Waals surface area contributed by atoms with E-state index in [4.69, 9.17) is 16.1 Å². The van der Waals surface area contributed by atoms with E-state index in [1.807, 2.05) is 49.4 Å². The van der Waals surface area contributed by atoms with Gasteiger partial charge in [0.2, 0.25) is 17.6 Å². The molecule has 2 aromatic carbocycles. The van der Waals surface area contributed by atoms with Crippen molar-refractivity contribution in [1.82, 2.24) is 20.0 Å². The molecule has 0 bridgehead atoms. The van der Waals surface area contributed by atoms with E-state index in [2.05, 4.69) is 15.1 Å². The molecular formula is C24H23ClN4O3. The number of benzene rings is 2. The van der Waals surface area contributed by atoms with Crippen molar-refractivity contribution in [3.8, 4) is 11.4 Å². The summed E-state index contributed by atoms with van der Waals surface area (Å²) in [5.41, 5.74) is 2.96. The van der Waals surface area contributed by atoms with E-state index in [1.165, 1.54) is 0 Å². The fourth-order valence-electron chi connectivity index (χ4n) is 3.49. The second-order valence-electron chi connectivity index (χ2n) is 7.84. The van der Waals surface area contributed by atoms with Crippen LogP contribution < -0.4 is 5.56 Å². The molecule has 2 heterocycles. The first-order chi connectivity index (χ1) is 15.4. The van der Waals surface area contributed by atoms with Gasteiger partial charge in [0.15, 0.2) is 0 Å². The van der Waals surface area contributed by atoms with Gasteiger partial charge in [0, 0.05) is 37.0 Å². The molecule has 0 aliphatic rings. The number of fused-ring (bicyclic) bond motifs is 1. The lowest BCUT2D eigenvalue weighted by Gasteiger charge is -2.17. The van der Waals surface area contributed by atoms with E-state index in [9.17, 15) is 9.59 Å². The summed E-state index contributed by atoms with van der Waals surface area (Å²) in [6.07, 6.45) is 1.38. The molecule has 4 aromatic rings. The van der Waals surface area contributed by atoms with Gasteiger partial charge in [0.05, 0.1) is 5.56 Å². The van der Waals surface area contributed by atoms with E-state index in [-0.39, 0.29) is 17.3 Å². The van der Waals surface area contributed by atoms with Crippen LogP contribution in [0.1, 0.15) is 29.9 Å². The minimum absolute atomic E-state index is 0.0287. The zero-order chi connectivity index (χ0) is 22.7. The summed E-state index contributed by atoms with van der Waals surface area (Å²) in [4.78, 5) is 33.7. The standard InChI is InChI=1S/C24H23ClN4O3/c1-15-6-11-20-17(12-15)13-19(24(31)26-20)23-27-21(32-28-23)4-3-5-22(30)29(2)14-16-7-9-18(25)10-8-16/h6-13H,3-5,14H2,1-2H3,(H,26,31). The first-order valence-corrected chi connectivity index (χ1v) is 10.7. The second kappa shape index (κ2) is 9.36. The fourth-order valence-corrected chi connectivity index (χ4v) is 3.62. The average Bonchev–Trinajstić information content (AvgIpc) is 3.23. The van der Waals surface area contributed by atoms with E-state index in [0.29, 0.717) is 42.3 Å². The van der Waals surface area contributed by atoms with Gasteiger partial charge in [0.1, 0.15) is 0 Å². The van der Waals surface area contributed by atoms with Crippen LogP contribution in [0.5, 0.6) is 0 Å². The van der Waals surface area contributed by atoms with Gasteiger partial charge in [-0.3, -0.25) is 9.59 Å². The quantitative estimate of drug-likeness (QED) is 0.447. The zero-order valence-corrected chi connectivity index (χ0v) is 18.6. The van der Waals surface area contributed by atoms with Crippen molar-refractivity contribution in [2.75, 3.05) is 7.05 Å². The van der Waals surface area contributed by atoms with Crippen LogP contribution in [0.3, 0.4) is 0 Å². The highest BCUT2D eigenvalue weighted by molar-refractivity contribution is 6.30. The van der Waals surface area contributed by atoms with Gasteiger partial charge in [-0.05, 0) is 54.6 Å². The van der Waals surface area contributed by atoms with Crippen LogP contribution in [0.2, 0.25) is 5.02 Å². The van der Waals surface area contributed by atoms with Crippen LogP contribution in [-0.4, -0.2) is 33.0 Å². The predicted molar refractivity (Wildman–Crippen MR) is 123 cm³/mol. The molecule has 32 heavy (non-hydrogen) atoms. The van der Waals surface area contributed by atoms with Crippen LogP contribution in [0, 0.1) is 6.92 Å². The van der Waals surface area contributed by atoms with Crippen molar-refractivity contribution in [2.24, 2.45) is 0 Å². The van der Waals surface area contributed by atoms with Gasteiger partial charge in [-0.15, -0.1) is 0 Å². The topological polar surface area (TPSA) is 92.1 Å². The largest absolute Gasteiger partial charge is 0.341 e. The Morgan fingerprint density at radius 1 is 1.16 bits per heavy atom. The molecule has 0 unspecified atom stereocenters. The zero-order valence-electron chi connectivity index (χ0n) is 17.9. The van der Waals surface area contributed by atoms with E-state index < -0.39 is 0 Å². The molecule has 0 atom stereocenters. The van der Waals surface area contributed by atoms with Gasteiger partial charge in [-0.25, -0.2) is 0 Å². The minimum Gasteiger partial charge on any atom is -0.341 e. The van der Waals surface area contributed by atoms with Crippen molar-refractivity contribution < 1.29 is 9.32 Å². The number of pyridine rings is 1. The molecule has 0 aliphatic heterocycles. The van der Waals surface area contributed by atoms with Crippen LogP contribution in [0.4, 0.5) is 0 Å². The molecule has 0 saturated heterocycles. The lowest BCUT2D eigenvalue weighted by atomic mass is 10.1. The third-order valence-electron chi connectivity index (χ3n) is 5.25. The maximum Gasteiger partial charge on any atom is 0.259 e. The number of amides is 1. The number of aromatic amines is 1. The Morgan fingerprint density at radius 2 is 1.94 bits per heavy atom. The van der Waals surface area contributed by atoms with E-state index in [1.54, 1.807) is 18.0 Å². The van der Waals surface area contributed by atoms with Crippen LogP contribution >= 0.6 is 11.6 Å². The smallest absolute Gasteiger partial charge is 0.259 e. The number of hydrogen-bond acceptors (Lipinski definition) is 5. The Morgan fingerprint density at radius 3 is 2.72 bits per heavy atom. The normalized spacial score (nSPS) is 11.1. The number of carbonyl (C=O) groups excluding carboxylic acids is 1. The summed E-state index contributed by atoms with van der Waals surface area (Å²) in [6.45, 7) is 2.51. The highest BCUT2D eigenvalue weighted by Crippen LogP contribution is 2.19. The molecule has 0 saturated carbocycles. The van der Waals surface area contributed by atoms with Crippen molar-refractivity contribution in [3.05, 3.63) is 80.9 Å². The molecular weight excluding hydrogens is 428 g/mol. The molecule has 7 nitrogen and oxygen atoms in total. The average molecular weight is 451 g/mol. The summed E-state index contributed by atoms with van der Waals surface area (Å²) in [5, 5.41) is 5.53. The summed E-state index contributed by atoms with van der Waals surface area (Å²) >= 11 is 5.90. The Balaban J connectivity index is 1.36. The van der Waals surface area contributed by atoms with Gasteiger partial charge in [-0.1, -0.05) is 40.5 Å². The first-order valence-electron chi connectivity index (χ1n) is 10.3. The third-order valence-corrected chi connectivity index (χ3v) is 5.50. The maximum atomic E-state index is 12.4. The summed E-state index contributed by atoms with van der Waals surface area (Å²) < 4.78 is 5.31. The molecule has 0 spiro atoms. The lowest BCUT2D eigenvalue weighted by Crippen LogP contribution is -2.25. The number of aromatic nitrogens is 3. The van der Waals surface area contributed by atoms with Crippen LogP contribution in [0.25, 0.3) is 22.3 Å². The van der Waals surface area contributed by atoms with Crippen molar-refractivity contribution in [1.29, 1.82) is 0 Å². The summed E-state index contributed by atoms with van der Waals surface area (Å²) in [5.74, 6) is 0.675. The highest BCUT2D eigenvalue weighted by atomic mass is 35.5. The van der Waals surface area contributed by atoms with Crippen molar-refractivity contribution >= 4 is 28.4 Å². The van der Waals surface area contributed by atoms with Gasteiger partial charge >= 0.3 is 0 Å². The third kappa shape index (κ3) is 5.06. The Hall–Kier alpha value is -3.45. The molecule has 0 aliphatic carbocycles. The Labute approximate surface area is 190 Å². The highest BCUT2D eigenvalue weighted by Gasteiger charge is 2.15. The number of rotatable bonds is 7. The Bertz CT molecular complexity index is 1310. The van der Waals surface area contributed by atoms with Crippen LogP contribution in [-0.2, 0) is 17.8 Å². The SMILES string of the molecule is Cc1ccc2[nH]c(=O)c(-c3noc(CCCC(=O)N(C)Cc4ccc(Cl)cc4)n3)cc2c1. The molecule has 1 N–H and O–H groups in total. The van der Waals surface area contributed by atoms with E-state index >= 15 is 0 Å². The number of hydrogen-bond donors (Lipinski definition) is 1.